The number of nitrogens with one attached hydrogen (secondary N) is 1. The third-order valence-corrected chi connectivity index (χ3v) is 18.0. The van der Waals surface area contributed by atoms with Gasteiger partial charge in [0.2, 0.25) is 5.91 Å². The summed E-state index contributed by atoms with van der Waals surface area (Å²) in [5.41, 5.74) is 0. The van der Waals surface area contributed by atoms with Gasteiger partial charge in [0.05, 0.1) is 25.4 Å². The first-order valence-corrected chi connectivity index (χ1v) is 36.2. The van der Waals surface area contributed by atoms with Crippen LogP contribution in [0.3, 0.4) is 0 Å². The zero-order chi connectivity index (χ0) is 57.9. The van der Waals surface area contributed by atoms with Gasteiger partial charge < -0.3 is 40.3 Å². The predicted octanol–water partition coefficient (Wildman–Crippen LogP) is 19.7. The average Bonchev–Trinajstić information content (AvgIpc) is 3.49. The summed E-state index contributed by atoms with van der Waals surface area (Å²) in [4.78, 5) is 13.2. The maximum Gasteiger partial charge on any atom is 0.220 e. The van der Waals surface area contributed by atoms with E-state index in [0.29, 0.717) is 12.8 Å². The molecule has 1 rings (SSSR count). The molecule has 0 saturated carbocycles. The Morgan fingerprint density at radius 3 is 0.887 bits per heavy atom. The number of hydrogen-bond acceptors (Lipinski definition) is 8. The SMILES string of the molecule is CCCCCCCCCCCCCCCCCCCCCCCCCCCCCCCCCCCCC(=O)NC(COC1OC(CO)C(O)C(O)C1O)C(O)CCCCCCCCCCCCCCCCCCCCCCCCC. The van der Waals surface area contributed by atoms with Crippen molar-refractivity contribution in [2.24, 2.45) is 0 Å². The van der Waals surface area contributed by atoms with Gasteiger partial charge in [0.15, 0.2) is 6.29 Å². The molecule has 7 unspecified atom stereocenters. The highest BCUT2D eigenvalue weighted by atomic mass is 16.7. The van der Waals surface area contributed by atoms with E-state index in [2.05, 4.69) is 19.2 Å². The van der Waals surface area contributed by atoms with Crippen LogP contribution < -0.4 is 5.32 Å². The molecule has 0 aromatic heterocycles. The van der Waals surface area contributed by atoms with Crippen molar-refractivity contribution in [1.29, 1.82) is 0 Å². The summed E-state index contributed by atoms with van der Waals surface area (Å²) < 4.78 is 11.4. The maximum absolute atomic E-state index is 13.2. The molecule has 7 atom stereocenters. The molecule has 1 aliphatic rings. The summed E-state index contributed by atoms with van der Waals surface area (Å²) in [5.74, 6) is -0.133. The third kappa shape index (κ3) is 49.5. The highest BCUT2D eigenvalue weighted by Crippen LogP contribution is 2.24. The number of hydrogen-bond donors (Lipinski definition) is 6. The number of carbonyl (C=O) groups excluding carboxylic acids is 1. The molecule has 0 aromatic rings. The molecule has 1 aliphatic heterocycles. The fourth-order valence-corrected chi connectivity index (χ4v) is 12.3. The minimum atomic E-state index is -1.55. The van der Waals surface area contributed by atoms with Crippen LogP contribution >= 0.6 is 0 Å². The second-order valence-corrected chi connectivity index (χ2v) is 25.8. The van der Waals surface area contributed by atoms with Gasteiger partial charge in [-0.3, -0.25) is 4.79 Å². The summed E-state index contributed by atoms with van der Waals surface area (Å²) in [6.07, 6.45) is 70.5. The van der Waals surface area contributed by atoms with Gasteiger partial charge in [-0.05, 0) is 12.8 Å². The van der Waals surface area contributed by atoms with Crippen molar-refractivity contribution in [3.63, 3.8) is 0 Å². The highest BCUT2D eigenvalue weighted by Gasteiger charge is 2.44. The average molecular weight is 1140 g/mol. The zero-order valence-electron chi connectivity index (χ0n) is 53.6. The summed E-state index contributed by atoms with van der Waals surface area (Å²) in [7, 11) is 0. The third-order valence-electron chi connectivity index (χ3n) is 18.0. The Balaban J connectivity index is 2.06. The Morgan fingerprint density at radius 1 is 0.375 bits per heavy atom. The van der Waals surface area contributed by atoms with Crippen LogP contribution in [-0.2, 0) is 14.3 Å². The number of rotatable bonds is 65. The highest BCUT2D eigenvalue weighted by molar-refractivity contribution is 5.76. The predicted molar refractivity (Wildman–Crippen MR) is 341 cm³/mol. The van der Waals surface area contributed by atoms with Crippen molar-refractivity contribution >= 4 is 5.91 Å². The summed E-state index contributed by atoms with van der Waals surface area (Å²) in [5, 5.41) is 54.9. The van der Waals surface area contributed by atoms with Crippen molar-refractivity contribution < 1.29 is 39.8 Å². The molecule has 6 N–H and O–H groups in total. The Kier molecular flexibility index (Phi) is 59.1. The van der Waals surface area contributed by atoms with E-state index in [1.807, 2.05) is 0 Å². The largest absolute Gasteiger partial charge is 0.394 e. The molecule has 1 saturated heterocycles. The Hall–Kier alpha value is -0.810. The normalized spacial score (nSPS) is 18.3. The second-order valence-electron chi connectivity index (χ2n) is 25.8. The van der Waals surface area contributed by atoms with E-state index >= 15 is 0 Å². The van der Waals surface area contributed by atoms with Crippen molar-refractivity contribution in [3.8, 4) is 0 Å². The van der Waals surface area contributed by atoms with E-state index in [1.165, 1.54) is 327 Å². The Morgan fingerprint density at radius 2 is 0.625 bits per heavy atom. The van der Waals surface area contributed by atoms with E-state index in [-0.39, 0.29) is 12.5 Å². The van der Waals surface area contributed by atoms with Gasteiger partial charge >= 0.3 is 0 Å². The van der Waals surface area contributed by atoms with Crippen LogP contribution in [0.5, 0.6) is 0 Å². The minimum absolute atomic E-state index is 0.130. The van der Waals surface area contributed by atoms with Crippen molar-refractivity contribution in [1.82, 2.24) is 5.32 Å². The summed E-state index contributed by atoms with van der Waals surface area (Å²) in [6, 6.07) is -0.715. The fourth-order valence-electron chi connectivity index (χ4n) is 12.3. The lowest BCUT2D eigenvalue weighted by Gasteiger charge is -2.40. The van der Waals surface area contributed by atoms with E-state index in [0.717, 1.165) is 38.5 Å². The number of aliphatic hydroxyl groups is 5. The van der Waals surface area contributed by atoms with Gasteiger partial charge in [-0.2, -0.15) is 0 Å². The van der Waals surface area contributed by atoms with Crippen LogP contribution in [0.25, 0.3) is 0 Å². The number of amides is 1. The number of aliphatic hydroxyl groups excluding tert-OH is 5. The van der Waals surface area contributed by atoms with Crippen LogP contribution in [0.15, 0.2) is 0 Å². The molecule has 9 nitrogen and oxygen atoms in total. The first-order valence-electron chi connectivity index (χ1n) is 36.2. The van der Waals surface area contributed by atoms with Crippen molar-refractivity contribution in [3.05, 3.63) is 0 Å². The molecular weight excluding hydrogens is 995 g/mol. The summed E-state index contributed by atoms with van der Waals surface area (Å²) >= 11 is 0. The van der Waals surface area contributed by atoms with Gasteiger partial charge in [-0.25, -0.2) is 0 Å². The van der Waals surface area contributed by atoms with Crippen LogP contribution in [0.2, 0.25) is 0 Å². The fraction of sp³-hybridized carbons (Fsp3) is 0.986. The first kappa shape index (κ1) is 77.2. The minimum Gasteiger partial charge on any atom is -0.394 e. The standard InChI is InChI=1S/C71H141NO8/c1-3-5-7-9-11-13-15-17-19-21-23-25-27-28-29-30-31-32-33-34-35-36-37-39-41-43-45-47-49-51-53-55-57-59-61-67(75)72-64(63-79-71-70(78)69(77)68(76)66(62-73)80-71)65(74)60-58-56-54-52-50-48-46-44-42-40-38-26-24-22-20-18-16-14-12-10-8-6-4-2/h64-66,68-71,73-74,76-78H,3-63H2,1-2H3,(H,72,75). The molecule has 0 bridgehead atoms. The van der Waals surface area contributed by atoms with Gasteiger partial charge in [0.1, 0.15) is 24.4 Å². The molecule has 80 heavy (non-hydrogen) atoms. The van der Waals surface area contributed by atoms with Gasteiger partial charge in [0, 0.05) is 6.42 Å². The van der Waals surface area contributed by atoms with Crippen LogP contribution in [0, 0.1) is 0 Å². The second kappa shape index (κ2) is 61.3. The van der Waals surface area contributed by atoms with Crippen molar-refractivity contribution in [2.45, 2.75) is 436 Å². The monoisotopic (exact) mass is 1140 g/mol. The van der Waals surface area contributed by atoms with E-state index in [1.54, 1.807) is 0 Å². The van der Waals surface area contributed by atoms with E-state index in [4.69, 9.17) is 9.47 Å². The van der Waals surface area contributed by atoms with Gasteiger partial charge in [-0.1, -0.05) is 373 Å². The first-order chi connectivity index (χ1) is 39.3. The van der Waals surface area contributed by atoms with E-state index in [9.17, 15) is 30.3 Å². The molecule has 1 amide bonds. The Labute approximate surface area is 497 Å². The lowest BCUT2D eigenvalue weighted by atomic mass is 9.99. The molecule has 478 valence electrons. The smallest absolute Gasteiger partial charge is 0.220 e. The van der Waals surface area contributed by atoms with Gasteiger partial charge in [0.25, 0.3) is 0 Å². The molecule has 9 heteroatoms. The Bertz CT molecular complexity index is 1220. The van der Waals surface area contributed by atoms with E-state index < -0.39 is 49.5 Å². The molecule has 1 fully saturated rings. The quantitative estimate of drug-likeness (QED) is 0.0330. The molecule has 0 aliphatic carbocycles. The van der Waals surface area contributed by atoms with Crippen LogP contribution in [0.1, 0.15) is 393 Å². The maximum atomic E-state index is 13.2. The molecular formula is C71H141NO8. The number of carbonyl (C=O) groups is 1. The molecule has 1 heterocycles. The van der Waals surface area contributed by atoms with Crippen LogP contribution in [-0.4, -0.2) is 87.5 Å². The molecule has 0 spiro atoms. The lowest BCUT2D eigenvalue weighted by Crippen LogP contribution is -2.60. The number of ether oxygens (including phenoxy) is 2. The van der Waals surface area contributed by atoms with Crippen molar-refractivity contribution in [2.75, 3.05) is 13.2 Å². The summed E-state index contributed by atoms with van der Waals surface area (Å²) in [6.45, 7) is 3.91. The zero-order valence-corrected chi connectivity index (χ0v) is 53.6. The van der Waals surface area contributed by atoms with Gasteiger partial charge in [-0.15, -0.1) is 0 Å². The number of unbranched alkanes of at least 4 members (excludes halogenated alkanes) is 55. The lowest BCUT2D eigenvalue weighted by molar-refractivity contribution is -0.302. The molecule has 0 aromatic carbocycles. The topological polar surface area (TPSA) is 149 Å². The van der Waals surface area contributed by atoms with Crippen LogP contribution in [0.4, 0.5) is 0 Å². The molecule has 0 radical (unpaired) electrons.